The van der Waals surface area contributed by atoms with Crippen molar-refractivity contribution >= 4 is 0 Å². The van der Waals surface area contributed by atoms with Gasteiger partial charge in [0.2, 0.25) is 0 Å². The molecule has 2 heterocycles. The molecule has 3 heteroatoms. The molecule has 1 aliphatic rings. The molecule has 0 atom stereocenters. The third-order valence-electron chi connectivity index (χ3n) is 3.32. The van der Waals surface area contributed by atoms with Crippen LogP contribution >= 0.6 is 0 Å². The van der Waals surface area contributed by atoms with Crippen molar-refractivity contribution in [3.05, 3.63) is 17.3 Å². The highest BCUT2D eigenvalue weighted by Crippen LogP contribution is 2.23. The van der Waals surface area contributed by atoms with Crippen LogP contribution in [0.4, 0.5) is 0 Å². The Morgan fingerprint density at radius 2 is 2.06 bits per heavy atom. The fourth-order valence-corrected chi connectivity index (χ4v) is 2.42. The molecule has 0 aromatic carbocycles. The van der Waals surface area contributed by atoms with Crippen LogP contribution < -0.4 is 5.32 Å². The van der Waals surface area contributed by atoms with Gasteiger partial charge < -0.3 is 9.73 Å². The van der Waals surface area contributed by atoms with Gasteiger partial charge in [0.1, 0.15) is 5.76 Å². The van der Waals surface area contributed by atoms with Crippen molar-refractivity contribution in [2.45, 2.75) is 46.0 Å². The molecule has 0 radical (unpaired) electrons. The number of aromatic nitrogens is 1. The maximum absolute atomic E-state index is 5.85. The van der Waals surface area contributed by atoms with Crippen LogP contribution in [-0.2, 0) is 6.42 Å². The van der Waals surface area contributed by atoms with E-state index in [-0.39, 0.29) is 0 Å². The lowest BCUT2D eigenvalue weighted by Crippen LogP contribution is -2.28. The van der Waals surface area contributed by atoms with Crippen molar-refractivity contribution in [2.75, 3.05) is 13.1 Å². The average molecular weight is 222 g/mol. The molecule has 0 unspecified atom stereocenters. The van der Waals surface area contributed by atoms with Crippen molar-refractivity contribution in [3.8, 4) is 0 Å². The highest BCUT2D eigenvalue weighted by Gasteiger charge is 2.18. The molecule has 0 aliphatic carbocycles. The number of nitrogens with one attached hydrogen (secondary N) is 1. The van der Waals surface area contributed by atoms with E-state index in [1.807, 2.05) is 6.92 Å². The molecule has 16 heavy (non-hydrogen) atoms. The first-order valence-electron chi connectivity index (χ1n) is 6.33. The second-order valence-electron chi connectivity index (χ2n) is 5.11. The summed E-state index contributed by atoms with van der Waals surface area (Å²) in [4.78, 5) is 4.54. The summed E-state index contributed by atoms with van der Waals surface area (Å²) in [5.41, 5.74) is 1.07. The van der Waals surface area contributed by atoms with E-state index in [1.165, 1.54) is 12.8 Å². The van der Waals surface area contributed by atoms with E-state index >= 15 is 0 Å². The number of hydrogen-bond donors (Lipinski definition) is 1. The monoisotopic (exact) mass is 222 g/mol. The SMILES string of the molecule is Cc1nc(CC2CCNCC2)oc1C(C)C. The van der Waals surface area contributed by atoms with Crippen molar-refractivity contribution in [1.82, 2.24) is 10.3 Å². The topological polar surface area (TPSA) is 38.1 Å². The normalized spacial score (nSPS) is 18.2. The molecule has 1 N–H and O–H groups in total. The van der Waals surface area contributed by atoms with Crippen LogP contribution in [0.2, 0.25) is 0 Å². The summed E-state index contributed by atoms with van der Waals surface area (Å²) in [5, 5.41) is 3.38. The van der Waals surface area contributed by atoms with Gasteiger partial charge in [-0.3, -0.25) is 0 Å². The Morgan fingerprint density at radius 1 is 1.38 bits per heavy atom. The van der Waals surface area contributed by atoms with Crippen molar-refractivity contribution < 1.29 is 4.42 Å². The predicted octanol–water partition coefficient (Wildman–Crippen LogP) is 2.65. The largest absolute Gasteiger partial charge is 0.445 e. The molecule has 0 amide bonds. The smallest absolute Gasteiger partial charge is 0.194 e. The molecule has 1 fully saturated rings. The Balaban J connectivity index is 2.01. The van der Waals surface area contributed by atoms with E-state index in [1.54, 1.807) is 0 Å². The molecule has 1 aliphatic heterocycles. The van der Waals surface area contributed by atoms with Crippen molar-refractivity contribution in [3.63, 3.8) is 0 Å². The van der Waals surface area contributed by atoms with E-state index in [0.29, 0.717) is 5.92 Å². The lowest BCUT2D eigenvalue weighted by atomic mass is 9.95. The zero-order valence-corrected chi connectivity index (χ0v) is 10.5. The Hall–Kier alpha value is -0.830. The van der Waals surface area contributed by atoms with Gasteiger partial charge in [-0.05, 0) is 38.8 Å². The van der Waals surface area contributed by atoms with Gasteiger partial charge in [0.05, 0.1) is 5.69 Å². The number of rotatable bonds is 3. The van der Waals surface area contributed by atoms with Gasteiger partial charge in [-0.25, -0.2) is 4.98 Å². The highest BCUT2D eigenvalue weighted by molar-refractivity contribution is 5.11. The molecule has 1 aromatic rings. The molecule has 0 spiro atoms. The van der Waals surface area contributed by atoms with E-state index in [0.717, 1.165) is 42.8 Å². The number of aryl methyl sites for hydroxylation is 1. The maximum atomic E-state index is 5.85. The second-order valence-corrected chi connectivity index (χ2v) is 5.11. The fraction of sp³-hybridized carbons (Fsp3) is 0.769. The average Bonchev–Trinajstić information content (AvgIpc) is 2.61. The summed E-state index contributed by atoms with van der Waals surface area (Å²) in [6.07, 6.45) is 3.51. The standard InChI is InChI=1S/C13H22N2O/c1-9(2)13-10(3)15-12(16-13)8-11-4-6-14-7-5-11/h9,11,14H,4-8H2,1-3H3. The van der Waals surface area contributed by atoms with E-state index in [4.69, 9.17) is 4.42 Å². The van der Waals surface area contributed by atoms with Gasteiger partial charge in [-0.15, -0.1) is 0 Å². The zero-order chi connectivity index (χ0) is 11.5. The Bertz CT molecular complexity index is 338. The minimum Gasteiger partial charge on any atom is -0.445 e. The minimum absolute atomic E-state index is 0.439. The van der Waals surface area contributed by atoms with Crippen LogP contribution in [0, 0.1) is 12.8 Å². The summed E-state index contributed by atoms with van der Waals surface area (Å²) >= 11 is 0. The quantitative estimate of drug-likeness (QED) is 0.854. The number of nitrogens with zero attached hydrogens (tertiary/aromatic N) is 1. The third kappa shape index (κ3) is 2.64. The molecule has 0 saturated carbocycles. The van der Waals surface area contributed by atoms with Gasteiger partial charge in [-0.2, -0.15) is 0 Å². The van der Waals surface area contributed by atoms with E-state index in [9.17, 15) is 0 Å². The van der Waals surface area contributed by atoms with Crippen molar-refractivity contribution in [1.29, 1.82) is 0 Å². The van der Waals surface area contributed by atoms with Gasteiger partial charge in [0.15, 0.2) is 5.89 Å². The second kappa shape index (κ2) is 5.00. The lowest BCUT2D eigenvalue weighted by Gasteiger charge is -2.20. The molecule has 3 nitrogen and oxygen atoms in total. The van der Waals surface area contributed by atoms with Crippen LogP contribution in [0.15, 0.2) is 4.42 Å². The number of piperidine rings is 1. The summed E-state index contributed by atoms with van der Waals surface area (Å²) in [7, 11) is 0. The highest BCUT2D eigenvalue weighted by atomic mass is 16.4. The molecule has 90 valence electrons. The van der Waals surface area contributed by atoms with Gasteiger partial charge >= 0.3 is 0 Å². The van der Waals surface area contributed by atoms with Gasteiger partial charge in [0, 0.05) is 12.3 Å². The van der Waals surface area contributed by atoms with Gasteiger partial charge in [-0.1, -0.05) is 13.8 Å². The summed E-state index contributed by atoms with van der Waals surface area (Å²) in [6.45, 7) is 8.64. The third-order valence-corrected chi connectivity index (χ3v) is 3.32. The number of hydrogen-bond acceptors (Lipinski definition) is 3. The van der Waals surface area contributed by atoms with Crippen LogP contribution in [0.25, 0.3) is 0 Å². The maximum Gasteiger partial charge on any atom is 0.194 e. The predicted molar refractivity (Wildman–Crippen MR) is 64.6 cm³/mol. The molecule has 0 bridgehead atoms. The molecule has 1 saturated heterocycles. The first kappa shape index (κ1) is 11.6. The fourth-order valence-electron chi connectivity index (χ4n) is 2.42. The van der Waals surface area contributed by atoms with Crippen LogP contribution in [0.1, 0.15) is 50.0 Å². The van der Waals surface area contributed by atoms with E-state index < -0.39 is 0 Å². The first-order chi connectivity index (χ1) is 7.66. The summed E-state index contributed by atoms with van der Waals surface area (Å²) in [6, 6.07) is 0. The summed E-state index contributed by atoms with van der Waals surface area (Å²) < 4.78 is 5.85. The zero-order valence-electron chi connectivity index (χ0n) is 10.5. The Kier molecular flexibility index (Phi) is 3.64. The molecular weight excluding hydrogens is 200 g/mol. The van der Waals surface area contributed by atoms with Gasteiger partial charge in [0.25, 0.3) is 0 Å². The first-order valence-corrected chi connectivity index (χ1v) is 6.33. The van der Waals surface area contributed by atoms with Crippen LogP contribution in [0.5, 0.6) is 0 Å². The molecule has 2 rings (SSSR count). The van der Waals surface area contributed by atoms with Crippen molar-refractivity contribution in [2.24, 2.45) is 5.92 Å². The number of oxazole rings is 1. The minimum atomic E-state index is 0.439. The van der Waals surface area contributed by atoms with Crippen LogP contribution in [0.3, 0.4) is 0 Å². The molecule has 1 aromatic heterocycles. The lowest BCUT2D eigenvalue weighted by molar-refractivity contribution is 0.334. The molecular formula is C13H22N2O. The van der Waals surface area contributed by atoms with Crippen LogP contribution in [-0.4, -0.2) is 18.1 Å². The Labute approximate surface area is 97.6 Å². The Morgan fingerprint density at radius 3 is 2.62 bits per heavy atom. The summed E-state index contributed by atoms with van der Waals surface area (Å²) in [5.74, 6) is 3.19. The van der Waals surface area contributed by atoms with E-state index in [2.05, 4.69) is 24.1 Å².